The molecule has 1 amide bonds. The number of rotatable bonds is 11. The van der Waals surface area contributed by atoms with Crippen molar-refractivity contribution >= 4 is 28.7 Å². The van der Waals surface area contributed by atoms with Crippen LogP contribution in [0.1, 0.15) is 70.0 Å². The van der Waals surface area contributed by atoms with Crippen LogP contribution in [-0.4, -0.2) is 52.5 Å². The van der Waals surface area contributed by atoms with Gasteiger partial charge in [-0.2, -0.15) is 13.2 Å². The van der Waals surface area contributed by atoms with Crippen LogP contribution in [0.15, 0.2) is 35.7 Å². The average molecular weight is 561 g/mol. The predicted octanol–water partition coefficient (Wildman–Crippen LogP) is 5.07. The molecule has 0 heterocycles. The van der Waals surface area contributed by atoms with E-state index in [0.717, 1.165) is 11.8 Å². The van der Waals surface area contributed by atoms with Gasteiger partial charge in [-0.15, -0.1) is 0 Å². The number of aliphatic carboxylic acids is 1. The highest BCUT2D eigenvalue weighted by Gasteiger charge is 2.48. The van der Waals surface area contributed by atoms with Crippen molar-refractivity contribution in [2.24, 2.45) is 11.1 Å². The lowest BCUT2D eigenvalue weighted by molar-refractivity contribution is -0.161. The van der Waals surface area contributed by atoms with Crippen LogP contribution in [0, 0.1) is 10.8 Å². The molecule has 0 aromatic heterocycles. The Hall–Kier alpha value is -2.44. The summed E-state index contributed by atoms with van der Waals surface area (Å²) in [4.78, 5) is 24.0. The van der Waals surface area contributed by atoms with E-state index < -0.39 is 53.2 Å². The van der Waals surface area contributed by atoms with Gasteiger partial charge in [-0.1, -0.05) is 42.1 Å². The molecule has 0 radical (unpaired) electrons. The van der Waals surface area contributed by atoms with Crippen LogP contribution in [-0.2, 0) is 9.59 Å². The van der Waals surface area contributed by atoms with E-state index in [-0.39, 0.29) is 10.6 Å². The van der Waals surface area contributed by atoms with Crippen molar-refractivity contribution in [1.82, 2.24) is 10.6 Å². The number of carboxylic acids is 1. The summed E-state index contributed by atoms with van der Waals surface area (Å²) >= 11 is 0.973. The number of carboxylic acid groups (broad SMARTS) is 1. The van der Waals surface area contributed by atoms with E-state index in [4.69, 9.17) is 5.41 Å². The topological polar surface area (TPSA) is 128 Å². The molecule has 1 aromatic rings. The number of nitrogens with one attached hydrogen (secondary N) is 3. The molecule has 2 fully saturated rings. The number of hydrogen-bond donors (Lipinski definition) is 5. The molecule has 6 N–H and O–H groups in total. The summed E-state index contributed by atoms with van der Waals surface area (Å²) in [5.74, 6) is -1.60. The number of halogens is 4. The second-order valence-electron chi connectivity index (χ2n) is 10.5. The number of nitrogens with two attached hydrogens (primary N) is 1. The van der Waals surface area contributed by atoms with Crippen LogP contribution in [0.25, 0.3) is 0 Å². The third-order valence-corrected chi connectivity index (χ3v) is 7.16. The number of alkyl halides is 4. The van der Waals surface area contributed by atoms with E-state index in [1.54, 1.807) is 6.92 Å². The van der Waals surface area contributed by atoms with Crippen LogP contribution >= 0.6 is 11.8 Å². The lowest BCUT2D eigenvalue weighted by Crippen LogP contribution is -2.53. The van der Waals surface area contributed by atoms with Crippen molar-refractivity contribution in [2.45, 2.75) is 82.3 Å². The Balaban J connectivity index is 0.00000247. The predicted molar refractivity (Wildman–Crippen MR) is 141 cm³/mol. The molecule has 0 bridgehead atoms. The Morgan fingerprint density at radius 3 is 2.11 bits per heavy atom. The van der Waals surface area contributed by atoms with E-state index in [2.05, 4.69) is 16.4 Å². The summed E-state index contributed by atoms with van der Waals surface area (Å²) < 4.78 is 56.5. The average Bonchev–Trinajstić information content (AvgIpc) is 3.74. The maximum atomic E-state index is 14.4. The first-order chi connectivity index (χ1) is 17.5. The highest BCUT2D eigenvalue weighted by Crippen LogP contribution is 2.47. The molecule has 0 saturated heterocycles. The molecule has 2 atom stereocenters. The van der Waals surface area contributed by atoms with Gasteiger partial charge in [0.2, 0.25) is 5.91 Å². The second-order valence-corrected chi connectivity index (χ2v) is 11.4. The molecular weight excluding hydrogens is 524 g/mol. The molecule has 3 rings (SSSR count). The van der Waals surface area contributed by atoms with Crippen LogP contribution in [0.5, 0.6) is 0 Å². The lowest BCUT2D eigenvalue weighted by atomic mass is 9.97. The Morgan fingerprint density at radius 1 is 1.13 bits per heavy atom. The van der Waals surface area contributed by atoms with E-state index in [1.165, 1.54) is 56.6 Å². The molecule has 2 aliphatic rings. The first-order valence-corrected chi connectivity index (χ1v) is 13.1. The molecule has 212 valence electrons. The molecule has 12 heteroatoms. The first kappa shape index (κ1) is 31.8. The summed E-state index contributed by atoms with van der Waals surface area (Å²) in [5.41, 5.74) is 1.46. The molecule has 0 spiro atoms. The SMILES string of the molecule is CC(C)(F)C[C@H](NC(c1ccc(C(=N)S/C=C/C2(C(=O)O)CC2)cc1)C(F)(F)F)C(=O)NC1(C)CC1.CN. The maximum Gasteiger partial charge on any atom is 0.407 e. The molecule has 2 aliphatic carbocycles. The fourth-order valence-electron chi connectivity index (χ4n) is 3.70. The quantitative estimate of drug-likeness (QED) is 0.146. The van der Waals surface area contributed by atoms with Gasteiger partial charge >= 0.3 is 12.1 Å². The van der Waals surface area contributed by atoms with Crippen LogP contribution in [0.4, 0.5) is 17.6 Å². The largest absolute Gasteiger partial charge is 0.481 e. The number of benzene rings is 1. The van der Waals surface area contributed by atoms with Gasteiger partial charge in [0.15, 0.2) is 0 Å². The second kappa shape index (κ2) is 12.2. The van der Waals surface area contributed by atoms with E-state index in [0.29, 0.717) is 31.2 Å². The van der Waals surface area contributed by atoms with E-state index in [1.807, 2.05) is 0 Å². The van der Waals surface area contributed by atoms with Gasteiger partial charge in [0.1, 0.15) is 11.7 Å². The van der Waals surface area contributed by atoms with Crippen molar-refractivity contribution in [3.8, 4) is 0 Å². The smallest absolute Gasteiger partial charge is 0.407 e. The van der Waals surface area contributed by atoms with Crippen molar-refractivity contribution in [3.63, 3.8) is 0 Å². The summed E-state index contributed by atoms with van der Waals surface area (Å²) in [6, 6.07) is 1.54. The Labute approximate surface area is 224 Å². The Morgan fingerprint density at radius 2 is 1.68 bits per heavy atom. The van der Waals surface area contributed by atoms with Crippen molar-refractivity contribution in [1.29, 1.82) is 5.41 Å². The zero-order valence-corrected chi connectivity index (χ0v) is 22.7. The number of thioether (sulfide) groups is 1. The van der Waals surface area contributed by atoms with E-state index >= 15 is 0 Å². The summed E-state index contributed by atoms with van der Waals surface area (Å²) in [6.45, 7) is 4.21. The van der Waals surface area contributed by atoms with Gasteiger partial charge in [0.05, 0.1) is 16.5 Å². The third kappa shape index (κ3) is 9.09. The number of carbonyl (C=O) groups excluding carboxylic acids is 1. The zero-order valence-electron chi connectivity index (χ0n) is 21.9. The summed E-state index contributed by atoms with van der Waals surface area (Å²) in [5, 5.41) is 24.0. The maximum absolute atomic E-state index is 14.4. The van der Waals surface area contributed by atoms with Crippen LogP contribution in [0.3, 0.4) is 0 Å². The number of carbonyl (C=O) groups is 2. The lowest BCUT2D eigenvalue weighted by Gasteiger charge is -2.30. The summed E-state index contributed by atoms with van der Waals surface area (Å²) in [6.07, 6.45) is -1.17. The minimum Gasteiger partial charge on any atom is -0.481 e. The minimum absolute atomic E-state index is 0.0459. The Bertz CT molecular complexity index is 1030. The fourth-order valence-corrected chi connectivity index (χ4v) is 4.44. The van der Waals surface area contributed by atoms with Crippen molar-refractivity contribution in [2.75, 3.05) is 7.05 Å². The van der Waals surface area contributed by atoms with Gasteiger partial charge < -0.3 is 16.2 Å². The van der Waals surface area contributed by atoms with Gasteiger partial charge in [0.25, 0.3) is 0 Å². The monoisotopic (exact) mass is 560 g/mol. The third-order valence-electron chi connectivity index (χ3n) is 6.42. The Kier molecular flexibility index (Phi) is 10.2. The van der Waals surface area contributed by atoms with Crippen molar-refractivity contribution in [3.05, 3.63) is 46.9 Å². The van der Waals surface area contributed by atoms with E-state index in [9.17, 15) is 32.3 Å². The highest BCUT2D eigenvalue weighted by molar-refractivity contribution is 8.16. The van der Waals surface area contributed by atoms with Crippen LogP contribution in [0.2, 0.25) is 0 Å². The zero-order chi connectivity index (χ0) is 28.9. The molecule has 1 unspecified atom stereocenters. The van der Waals surface area contributed by atoms with Gasteiger partial charge in [-0.25, -0.2) is 4.39 Å². The molecule has 0 aliphatic heterocycles. The molecule has 1 aromatic carbocycles. The molecule has 38 heavy (non-hydrogen) atoms. The molecule has 2 saturated carbocycles. The first-order valence-electron chi connectivity index (χ1n) is 12.2. The fraction of sp³-hybridized carbons (Fsp3) is 0.577. The van der Waals surface area contributed by atoms with Gasteiger partial charge in [-0.05, 0) is 64.5 Å². The number of amides is 1. The summed E-state index contributed by atoms with van der Waals surface area (Å²) in [7, 11) is 1.50. The standard InChI is InChI=1S/C25H31F4N3O3S.CH5N/c1-22(2,26)14-17(20(33)32-23(3)8-9-23)31-18(25(27,28)29)15-4-6-16(7-5-15)19(30)36-13-12-24(10-11-24)21(34)35;1-2/h4-7,12-13,17-18,30-31H,8-11,14H2,1-3H3,(H,32,33)(H,34,35);2H2,1H3/b13-12+,30-19?;/t17-,18?;/m0./s1. The van der Waals surface area contributed by atoms with Crippen LogP contribution < -0.4 is 16.4 Å². The van der Waals surface area contributed by atoms with Crippen molar-refractivity contribution < 1.29 is 32.3 Å². The molecular formula is C26H36F4N4O3S. The minimum atomic E-state index is -4.76. The normalized spacial score (nSPS) is 19.1. The van der Waals surface area contributed by atoms with Gasteiger partial charge in [-0.3, -0.25) is 20.3 Å². The van der Waals surface area contributed by atoms with Gasteiger partial charge in [0, 0.05) is 17.5 Å². The highest BCUT2D eigenvalue weighted by atomic mass is 32.2. The number of hydrogen-bond acceptors (Lipinski definition) is 6. The molecule has 7 nitrogen and oxygen atoms in total.